The van der Waals surface area contributed by atoms with Crippen LogP contribution in [0.3, 0.4) is 0 Å². The molecular weight excluding hydrogens is 394 g/mol. The number of esters is 1. The first-order valence-electron chi connectivity index (χ1n) is 9.04. The monoisotopic (exact) mass is 417 g/mol. The van der Waals surface area contributed by atoms with Crippen LogP contribution >= 0.6 is 11.6 Å². The molecule has 8 heteroatoms. The van der Waals surface area contributed by atoms with Crippen LogP contribution in [-0.2, 0) is 14.3 Å². The van der Waals surface area contributed by atoms with Crippen LogP contribution in [0.2, 0.25) is 5.02 Å². The zero-order chi connectivity index (χ0) is 21.6. The number of carbonyl (C=O) groups excluding carboxylic acids is 3. The van der Waals surface area contributed by atoms with Gasteiger partial charge in [0.2, 0.25) is 0 Å². The highest BCUT2D eigenvalue weighted by atomic mass is 35.5. The third-order valence-corrected chi connectivity index (χ3v) is 4.53. The molecule has 0 bridgehead atoms. The van der Waals surface area contributed by atoms with Crippen molar-refractivity contribution in [3.05, 3.63) is 64.2 Å². The van der Waals surface area contributed by atoms with Crippen molar-refractivity contribution in [2.45, 2.75) is 39.3 Å². The second kappa shape index (κ2) is 9.93. The Morgan fingerprint density at radius 1 is 1.10 bits per heavy atom. The standard InChI is InChI=1S/C21H24ClN3O4/c1-12-4-9-17(13(2)10-12)24-20(27)14(3)29-19(26)11-18(25-21(23)28)15-5-7-16(22)8-6-15/h4-10,14,18H,11H2,1-3H3,(H,24,27)(H3,23,25,28)/t14-,18+/m0/s1. The fraction of sp³-hybridized carbons (Fsp3) is 0.286. The quantitative estimate of drug-likeness (QED) is 0.597. The largest absolute Gasteiger partial charge is 0.452 e. The first kappa shape index (κ1) is 22.2. The van der Waals surface area contributed by atoms with Crippen molar-refractivity contribution in [1.29, 1.82) is 0 Å². The van der Waals surface area contributed by atoms with E-state index in [1.54, 1.807) is 30.3 Å². The lowest BCUT2D eigenvalue weighted by Gasteiger charge is -2.19. The molecule has 0 spiro atoms. The maximum atomic E-state index is 12.4. The predicted molar refractivity (Wildman–Crippen MR) is 112 cm³/mol. The highest BCUT2D eigenvalue weighted by molar-refractivity contribution is 6.30. The van der Waals surface area contributed by atoms with Crippen LogP contribution in [0.4, 0.5) is 10.5 Å². The smallest absolute Gasteiger partial charge is 0.312 e. The van der Waals surface area contributed by atoms with E-state index in [9.17, 15) is 14.4 Å². The molecule has 29 heavy (non-hydrogen) atoms. The highest BCUT2D eigenvalue weighted by Gasteiger charge is 2.23. The number of nitrogens with two attached hydrogens (primary N) is 1. The molecule has 0 aliphatic heterocycles. The Balaban J connectivity index is 1.99. The molecule has 2 atom stereocenters. The van der Waals surface area contributed by atoms with Crippen LogP contribution in [0.1, 0.15) is 36.1 Å². The molecule has 2 aromatic carbocycles. The average molecular weight is 418 g/mol. The molecule has 0 unspecified atom stereocenters. The minimum Gasteiger partial charge on any atom is -0.452 e. The predicted octanol–water partition coefficient (Wildman–Crippen LogP) is 3.63. The van der Waals surface area contributed by atoms with E-state index in [2.05, 4.69) is 10.6 Å². The van der Waals surface area contributed by atoms with Crippen molar-refractivity contribution in [2.75, 3.05) is 5.32 Å². The number of halogens is 1. The van der Waals surface area contributed by atoms with Gasteiger partial charge < -0.3 is 21.1 Å². The first-order valence-corrected chi connectivity index (χ1v) is 9.42. The number of hydrogen-bond donors (Lipinski definition) is 3. The summed E-state index contributed by atoms with van der Waals surface area (Å²) in [4.78, 5) is 36.0. The number of rotatable bonds is 7. The minimum atomic E-state index is -1.01. The fourth-order valence-electron chi connectivity index (χ4n) is 2.77. The highest BCUT2D eigenvalue weighted by Crippen LogP contribution is 2.21. The molecule has 3 amide bonds. The molecule has 2 rings (SSSR count). The van der Waals surface area contributed by atoms with Crippen molar-refractivity contribution < 1.29 is 19.1 Å². The second-order valence-electron chi connectivity index (χ2n) is 6.76. The number of primary amides is 1. The summed E-state index contributed by atoms with van der Waals surface area (Å²) in [6.45, 7) is 5.32. The van der Waals surface area contributed by atoms with E-state index in [-0.39, 0.29) is 6.42 Å². The molecular formula is C21H24ClN3O4. The van der Waals surface area contributed by atoms with Gasteiger partial charge in [0.25, 0.3) is 5.91 Å². The Kier molecular flexibility index (Phi) is 7.61. The molecule has 7 nitrogen and oxygen atoms in total. The SMILES string of the molecule is Cc1ccc(NC(=O)[C@H](C)OC(=O)C[C@@H](NC(N)=O)c2ccc(Cl)cc2)c(C)c1. The Morgan fingerprint density at radius 2 is 1.76 bits per heavy atom. The first-order chi connectivity index (χ1) is 13.7. The van der Waals surface area contributed by atoms with Gasteiger partial charge in [0.05, 0.1) is 12.5 Å². The van der Waals surface area contributed by atoms with Gasteiger partial charge >= 0.3 is 12.0 Å². The van der Waals surface area contributed by atoms with E-state index >= 15 is 0 Å². The van der Waals surface area contributed by atoms with Crippen molar-refractivity contribution in [2.24, 2.45) is 5.73 Å². The molecule has 0 aromatic heterocycles. The minimum absolute atomic E-state index is 0.189. The summed E-state index contributed by atoms with van der Waals surface area (Å²) in [6.07, 6.45) is -1.20. The number of anilines is 1. The van der Waals surface area contributed by atoms with Crippen molar-refractivity contribution in [3.8, 4) is 0 Å². The molecule has 4 N–H and O–H groups in total. The van der Waals surface area contributed by atoms with E-state index in [0.717, 1.165) is 11.1 Å². The van der Waals surface area contributed by atoms with Gasteiger partial charge in [-0.1, -0.05) is 41.4 Å². The van der Waals surface area contributed by atoms with Crippen molar-refractivity contribution >= 4 is 35.2 Å². The molecule has 0 aliphatic rings. The summed E-state index contributed by atoms with van der Waals surface area (Å²) in [6, 6.07) is 10.8. The number of urea groups is 1. The number of ether oxygens (including phenoxy) is 1. The lowest BCUT2D eigenvalue weighted by molar-refractivity contribution is -0.153. The Hall–Kier alpha value is -3.06. The molecule has 0 radical (unpaired) electrons. The van der Waals surface area contributed by atoms with Crippen molar-refractivity contribution in [3.63, 3.8) is 0 Å². The van der Waals surface area contributed by atoms with Gasteiger partial charge in [-0.3, -0.25) is 9.59 Å². The van der Waals surface area contributed by atoms with E-state index in [1.807, 2.05) is 26.0 Å². The van der Waals surface area contributed by atoms with E-state index < -0.39 is 30.1 Å². The van der Waals surface area contributed by atoms with Crippen molar-refractivity contribution in [1.82, 2.24) is 5.32 Å². The summed E-state index contributed by atoms with van der Waals surface area (Å²) < 4.78 is 5.24. The van der Waals surface area contributed by atoms with Crippen LogP contribution in [0.15, 0.2) is 42.5 Å². The second-order valence-corrected chi connectivity index (χ2v) is 7.19. The molecule has 0 fully saturated rings. The van der Waals surface area contributed by atoms with Gasteiger partial charge in [0.1, 0.15) is 0 Å². The topological polar surface area (TPSA) is 111 Å². The summed E-state index contributed by atoms with van der Waals surface area (Å²) >= 11 is 5.87. The van der Waals surface area contributed by atoms with Crippen LogP contribution in [0.5, 0.6) is 0 Å². The third kappa shape index (κ3) is 6.80. The number of carbonyl (C=O) groups is 3. The van der Waals surface area contributed by atoms with E-state index in [4.69, 9.17) is 22.1 Å². The summed E-state index contributed by atoms with van der Waals surface area (Å²) in [5, 5.41) is 5.76. The normalized spacial score (nSPS) is 12.6. The number of aryl methyl sites for hydroxylation is 2. The van der Waals surface area contributed by atoms with Gasteiger partial charge in [0, 0.05) is 10.7 Å². The van der Waals surface area contributed by atoms with Gasteiger partial charge in [-0.25, -0.2) is 4.79 Å². The fourth-order valence-corrected chi connectivity index (χ4v) is 2.90. The van der Waals surface area contributed by atoms with Crippen LogP contribution in [-0.4, -0.2) is 24.0 Å². The van der Waals surface area contributed by atoms with Crippen LogP contribution in [0.25, 0.3) is 0 Å². The Morgan fingerprint density at radius 3 is 2.34 bits per heavy atom. The average Bonchev–Trinajstić information content (AvgIpc) is 2.63. The van der Waals surface area contributed by atoms with Gasteiger partial charge in [-0.2, -0.15) is 0 Å². The van der Waals surface area contributed by atoms with Crippen LogP contribution < -0.4 is 16.4 Å². The van der Waals surface area contributed by atoms with Gasteiger partial charge in [-0.15, -0.1) is 0 Å². The third-order valence-electron chi connectivity index (χ3n) is 4.28. The number of amides is 3. The maximum Gasteiger partial charge on any atom is 0.312 e. The summed E-state index contributed by atoms with van der Waals surface area (Å²) in [5.41, 5.74) is 8.48. The zero-order valence-corrected chi connectivity index (χ0v) is 17.2. The van der Waals surface area contributed by atoms with E-state index in [1.165, 1.54) is 6.92 Å². The Labute approximate surface area is 174 Å². The van der Waals surface area contributed by atoms with Crippen LogP contribution in [0, 0.1) is 13.8 Å². The number of benzene rings is 2. The lowest BCUT2D eigenvalue weighted by atomic mass is 10.0. The maximum absolute atomic E-state index is 12.4. The van der Waals surface area contributed by atoms with E-state index in [0.29, 0.717) is 16.3 Å². The summed E-state index contributed by atoms with van der Waals surface area (Å²) in [7, 11) is 0. The molecule has 0 aliphatic carbocycles. The lowest BCUT2D eigenvalue weighted by Crippen LogP contribution is -2.36. The number of hydrogen-bond acceptors (Lipinski definition) is 4. The summed E-state index contributed by atoms with van der Waals surface area (Å²) in [5.74, 6) is -1.10. The molecule has 2 aromatic rings. The number of nitrogens with one attached hydrogen (secondary N) is 2. The molecule has 0 saturated heterocycles. The zero-order valence-electron chi connectivity index (χ0n) is 16.5. The molecule has 0 saturated carbocycles. The Bertz CT molecular complexity index is 899. The van der Waals surface area contributed by atoms with Gasteiger partial charge in [-0.05, 0) is 50.1 Å². The molecule has 0 heterocycles. The molecule has 154 valence electrons. The van der Waals surface area contributed by atoms with Gasteiger partial charge in [0.15, 0.2) is 6.10 Å².